The van der Waals surface area contributed by atoms with E-state index in [2.05, 4.69) is 50.2 Å². The van der Waals surface area contributed by atoms with Crippen molar-refractivity contribution < 1.29 is 4.79 Å². The zero-order chi connectivity index (χ0) is 14.3. The summed E-state index contributed by atoms with van der Waals surface area (Å²) < 4.78 is 0. The van der Waals surface area contributed by atoms with Crippen LogP contribution in [0.1, 0.15) is 19.8 Å². The molecule has 2 spiro atoms. The quantitative estimate of drug-likeness (QED) is 0.600. The molecule has 0 aromatic heterocycles. The molecule has 0 aliphatic heterocycles. The first-order chi connectivity index (χ1) is 9.45. The highest BCUT2D eigenvalue weighted by Crippen LogP contribution is 2.95. The van der Waals surface area contributed by atoms with Crippen LogP contribution in [-0.4, -0.2) is 11.8 Å². The predicted octanol–water partition coefficient (Wildman–Crippen LogP) is 3.59. The Kier molecular flexibility index (Phi) is 2.31. The summed E-state index contributed by atoms with van der Waals surface area (Å²) in [5.74, 6) is 2.41. The normalized spacial score (nSPS) is 44.3. The molecule has 0 aromatic carbocycles. The molecule has 106 valence electrons. The fourth-order valence-corrected chi connectivity index (χ4v) is 5.76. The van der Waals surface area contributed by atoms with Crippen LogP contribution in [0.15, 0.2) is 36.5 Å². The van der Waals surface area contributed by atoms with Gasteiger partial charge in [-0.15, -0.1) is 0 Å². The highest BCUT2D eigenvalue weighted by Gasteiger charge is 2.90. The number of amides is 1. The van der Waals surface area contributed by atoms with Crippen LogP contribution in [0.2, 0.25) is 0 Å². The van der Waals surface area contributed by atoms with E-state index in [9.17, 15) is 4.79 Å². The van der Waals surface area contributed by atoms with E-state index in [1.807, 2.05) is 0 Å². The molecule has 5 atom stereocenters. The highest BCUT2D eigenvalue weighted by atomic mass is 32.1. The zero-order valence-corrected chi connectivity index (χ0v) is 12.7. The number of rotatable bonds is 4. The number of allylic oxidation sites excluding steroid dienone is 3. The molecule has 3 saturated carbocycles. The summed E-state index contributed by atoms with van der Waals surface area (Å²) >= 11 is 3.78. The fraction of sp³-hybridized carbons (Fsp3) is 0.588. The van der Waals surface area contributed by atoms with Crippen LogP contribution in [0.25, 0.3) is 0 Å². The Morgan fingerprint density at radius 1 is 1.40 bits per heavy atom. The number of nitrogens with one attached hydrogen (secondary N) is 1. The third kappa shape index (κ3) is 1.22. The maximum absolute atomic E-state index is 11.0. The lowest BCUT2D eigenvalue weighted by Crippen LogP contribution is -2.32. The van der Waals surface area contributed by atoms with Gasteiger partial charge in [0.05, 0.1) is 0 Å². The number of hydrogen-bond acceptors (Lipinski definition) is 1. The first kappa shape index (κ1) is 12.8. The largest absolute Gasteiger partial charge is 0.343 e. The van der Waals surface area contributed by atoms with Gasteiger partial charge in [-0.05, 0) is 48.9 Å². The van der Waals surface area contributed by atoms with Crippen molar-refractivity contribution >= 4 is 17.9 Å². The molecule has 3 heteroatoms. The van der Waals surface area contributed by atoms with Crippen molar-refractivity contribution in [3.63, 3.8) is 0 Å². The molecule has 0 bridgehead atoms. The molecule has 20 heavy (non-hydrogen) atoms. The molecule has 1 amide bonds. The number of carbonyl (C=O) groups excluding carboxylic acids is 1. The molecule has 0 heterocycles. The van der Waals surface area contributed by atoms with Gasteiger partial charge >= 0.3 is 0 Å². The van der Waals surface area contributed by atoms with Crippen LogP contribution in [-0.2, 0) is 0 Å². The van der Waals surface area contributed by atoms with E-state index in [0.29, 0.717) is 35.1 Å². The number of thiol groups is 1. The van der Waals surface area contributed by atoms with E-state index in [1.54, 1.807) is 0 Å². The Morgan fingerprint density at radius 2 is 2.10 bits per heavy atom. The summed E-state index contributed by atoms with van der Waals surface area (Å²) in [5, 5.41) is 2.52. The van der Waals surface area contributed by atoms with Gasteiger partial charge in [-0.3, -0.25) is 4.79 Å². The van der Waals surface area contributed by atoms with Gasteiger partial charge in [-0.25, -0.2) is 0 Å². The lowest BCUT2D eigenvalue weighted by atomic mass is 9.67. The van der Waals surface area contributed by atoms with Gasteiger partial charge < -0.3 is 5.32 Å². The van der Waals surface area contributed by atoms with Crippen LogP contribution < -0.4 is 5.32 Å². The minimum atomic E-state index is -0.274. The van der Waals surface area contributed by atoms with E-state index in [4.69, 9.17) is 0 Å². The van der Waals surface area contributed by atoms with Gasteiger partial charge in [0.25, 0.3) is 5.24 Å². The van der Waals surface area contributed by atoms with Crippen LogP contribution in [0.4, 0.5) is 4.79 Å². The second-order valence-electron chi connectivity index (χ2n) is 7.17. The van der Waals surface area contributed by atoms with Crippen molar-refractivity contribution in [2.45, 2.75) is 19.8 Å². The Hall–Kier alpha value is -0.960. The van der Waals surface area contributed by atoms with Crippen molar-refractivity contribution in [3.8, 4) is 0 Å². The maximum atomic E-state index is 11.0. The van der Waals surface area contributed by atoms with Crippen LogP contribution in [0, 0.1) is 34.5 Å². The lowest BCUT2D eigenvalue weighted by Gasteiger charge is -2.37. The Bertz CT molecular complexity index is 574. The Labute approximate surface area is 125 Å². The molecule has 5 unspecified atom stereocenters. The zero-order valence-electron chi connectivity index (χ0n) is 11.9. The molecule has 4 rings (SSSR count). The second-order valence-corrected chi connectivity index (χ2v) is 7.57. The lowest BCUT2D eigenvalue weighted by molar-refractivity contribution is 0.259. The Morgan fingerprint density at radius 3 is 2.55 bits per heavy atom. The average molecular weight is 287 g/mol. The summed E-state index contributed by atoms with van der Waals surface area (Å²) in [7, 11) is 0. The minimum absolute atomic E-state index is 0.274. The van der Waals surface area contributed by atoms with Crippen molar-refractivity contribution in [1.29, 1.82) is 0 Å². The van der Waals surface area contributed by atoms with E-state index in [-0.39, 0.29) is 5.24 Å². The van der Waals surface area contributed by atoms with Crippen molar-refractivity contribution in [2.24, 2.45) is 34.5 Å². The first-order valence-electron chi connectivity index (χ1n) is 7.45. The average Bonchev–Trinajstić information content (AvgIpc) is 3.22. The third-order valence-corrected chi connectivity index (χ3v) is 6.61. The third-order valence-electron chi connectivity index (χ3n) is 6.45. The van der Waals surface area contributed by atoms with Crippen LogP contribution >= 0.6 is 12.6 Å². The number of carbonyl (C=O) groups is 1. The molecule has 0 aromatic rings. The van der Waals surface area contributed by atoms with E-state index in [1.165, 1.54) is 18.4 Å². The SMILES string of the molecule is C=C(C)C1C(C(=C)CNC(=O)S)C2C3(CC3)C23C=CC13. The smallest absolute Gasteiger partial charge is 0.276 e. The Balaban J connectivity index is 1.62. The van der Waals surface area contributed by atoms with E-state index < -0.39 is 0 Å². The summed E-state index contributed by atoms with van der Waals surface area (Å²) in [5.41, 5.74) is 3.49. The fourth-order valence-electron chi connectivity index (χ4n) is 5.68. The van der Waals surface area contributed by atoms with Crippen LogP contribution in [0.5, 0.6) is 0 Å². The second kappa shape index (κ2) is 3.62. The predicted molar refractivity (Wildman–Crippen MR) is 83.5 cm³/mol. The molecular weight excluding hydrogens is 266 g/mol. The number of hydrogen-bond donors (Lipinski definition) is 2. The van der Waals surface area contributed by atoms with E-state index >= 15 is 0 Å². The summed E-state index contributed by atoms with van der Waals surface area (Å²) in [6.45, 7) is 11.2. The molecule has 4 aliphatic carbocycles. The molecule has 4 aliphatic rings. The molecule has 2 nitrogen and oxygen atoms in total. The summed E-state index contributed by atoms with van der Waals surface area (Å²) in [4.78, 5) is 11.0. The number of fused-ring (bicyclic) bond motifs is 1. The monoisotopic (exact) mass is 287 g/mol. The van der Waals surface area contributed by atoms with Crippen molar-refractivity contribution in [2.75, 3.05) is 6.54 Å². The molecule has 0 radical (unpaired) electrons. The molecule has 3 fully saturated rings. The first-order valence-corrected chi connectivity index (χ1v) is 7.89. The van der Waals surface area contributed by atoms with Crippen LogP contribution in [0.3, 0.4) is 0 Å². The minimum Gasteiger partial charge on any atom is -0.343 e. The van der Waals surface area contributed by atoms with Crippen molar-refractivity contribution in [1.82, 2.24) is 5.32 Å². The highest BCUT2D eigenvalue weighted by molar-refractivity contribution is 7.96. The standard InChI is InChI=1S/C17H21NOS/c1-9(2)12-11-4-5-17(11)14(16(17)6-7-16)13(12)10(3)8-18-15(19)20/h4-5,11-14H,1,3,6-8H2,2H3,(H2,18,19,20). The van der Waals surface area contributed by atoms with Gasteiger partial charge in [0.1, 0.15) is 0 Å². The summed E-state index contributed by atoms with van der Waals surface area (Å²) in [6.07, 6.45) is 7.62. The topological polar surface area (TPSA) is 29.1 Å². The maximum Gasteiger partial charge on any atom is 0.276 e. The summed E-state index contributed by atoms with van der Waals surface area (Å²) in [6, 6.07) is 0. The van der Waals surface area contributed by atoms with Gasteiger partial charge in [-0.2, -0.15) is 0 Å². The van der Waals surface area contributed by atoms with Gasteiger partial charge in [0.15, 0.2) is 0 Å². The van der Waals surface area contributed by atoms with Gasteiger partial charge in [0, 0.05) is 12.0 Å². The van der Waals surface area contributed by atoms with Gasteiger partial charge in [-0.1, -0.05) is 49.1 Å². The van der Waals surface area contributed by atoms with Gasteiger partial charge in [0.2, 0.25) is 0 Å². The molecule has 0 saturated heterocycles. The molecule has 1 N–H and O–H groups in total. The van der Waals surface area contributed by atoms with E-state index in [0.717, 1.165) is 11.5 Å². The molecular formula is C17H21NOS. The van der Waals surface area contributed by atoms with Crippen molar-refractivity contribution in [3.05, 3.63) is 36.5 Å².